The summed E-state index contributed by atoms with van der Waals surface area (Å²) in [7, 11) is 1.56. The molecule has 1 aromatic rings. The van der Waals surface area contributed by atoms with Crippen LogP contribution in [0.4, 0.5) is 0 Å². The number of amides is 1. The molecular weight excluding hydrogens is 364 g/mol. The van der Waals surface area contributed by atoms with E-state index in [4.69, 9.17) is 13.9 Å². The lowest BCUT2D eigenvalue weighted by Crippen LogP contribution is -2.51. The smallest absolute Gasteiger partial charge is 0.286 e. The topological polar surface area (TPSA) is 107 Å². The summed E-state index contributed by atoms with van der Waals surface area (Å²) in [5.41, 5.74) is -0.737. The molecule has 1 unspecified atom stereocenters. The summed E-state index contributed by atoms with van der Waals surface area (Å²) in [6.45, 7) is 10.9. The highest BCUT2D eigenvalue weighted by Crippen LogP contribution is 2.24. The number of carbonyl (C=O) groups is 2. The van der Waals surface area contributed by atoms with E-state index in [9.17, 15) is 9.59 Å². The predicted octanol–water partition coefficient (Wildman–Crippen LogP) is 1.53. The third-order valence-corrected chi connectivity index (χ3v) is 4.54. The summed E-state index contributed by atoms with van der Waals surface area (Å²) >= 11 is 0. The maximum Gasteiger partial charge on any atom is 0.286 e. The number of likely N-dealkylation sites (tertiary alicyclic amines) is 1. The van der Waals surface area contributed by atoms with Crippen molar-refractivity contribution in [3.63, 3.8) is 0 Å². The second kappa shape index (κ2) is 9.11. The van der Waals surface area contributed by atoms with E-state index >= 15 is 0 Å². The first kappa shape index (κ1) is 22.4. The molecule has 0 bridgehead atoms. The Labute approximate surface area is 166 Å². The third kappa shape index (κ3) is 5.83. The number of Topliss-reactive ketones (excluding diaryl/α,β-unsaturated/α-hetero) is 1. The zero-order valence-corrected chi connectivity index (χ0v) is 17.7. The first-order valence-corrected chi connectivity index (χ1v) is 9.54. The number of hydrogen-bond acceptors (Lipinski definition) is 8. The van der Waals surface area contributed by atoms with Gasteiger partial charge < -0.3 is 24.1 Å². The number of methoxy groups -OCH3 is 1. The van der Waals surface area contributed by atoms with E-state index in [0.29, 0.717) is 25.5 Å². The zero-order valence-electron chi connectivity index (χ0n) is 17.7. The molecule has 1 saturated heterocycles. The molecule has 0 saturated carbocycles. The van der Waals surface area contributed by atoms with Gasteiger partial charge in [0.2, 0.25) is 17.6 Å². The van der Waals surface area contributed by atoms with Crippen LogP contribution in [0.5, 0.6) is 0 Å². The van der Waals surface area contributed by atoms with E-state index in [0.717, 1.165) is 6.42 Å². The van der Waals surface area contributed by atoms with Crippen molar-refractivity contribution >= 4 is 11.7 Å². The van der Waals surface area contributed by atoms with E-state index in [1.807, 2.05) is 34.6 Å². The lowest BCUT2D eigenvalue weighted by Gasteiger charge is -2.28. The summed E-state index contributed by atoms with van der Waals surface area (Å²) in [5, 5.41) is 11.1. The molecule has 0 spiro atoms. The van der Waals surface area contributed by atoms with Gasteiger partial charge in [-0.3, -0.25) is 9.59 Å². The Morgan fingerprint density at radius 2 is 1.96 bits per heavy atom. The molecule has 28 heavy (non-hydrogen) atoms. The van der Waals surface area contributed by atoms with Gasteiger partial charge in [0.05, 0.1) is 13.2 Å². The molecule has 2 heterocycles. The Balaban J connectivity index is 1.97. The van der Waals surface area contributed by atoms with Gasteiger partial charge in [-0.1, -0.05) is 20.8 Å². The summed E-state index contributed by atoms with van der Waals surface area (Å²) in [6, 6.07) is -0.560. The number of nitrogens with zero attached hydrogens (tertiary/aromatic N) is 3. The lowest BCUT2D eigenvalue weighted by molar-refractivity contribution is -0.131. The molecule has 9 nitrogen and oxygen atoms in total. The SMILES string of the molecule is COCOCC(C)(C)NCC(=O)N1CCCC1C(=O)c1nnc(C(C)(C)C)o1. The van der Waals surface area contributed by atoms with Crippen molar-refractivity contribution in [3.05, 3.63) is 11.8 Å². The summed E-state index contributed by atoms with van der Waals surface area (Å²) in [6.07, 6.45) is 1.36. The van der Waals surface area contributed by atoms with Gasteiger partial charge in [0, 0.05) is 24.6 Å². The molecule has 1 amide bonds. The van der Waals surface area contributed by atoms with Crippen LogP contribution in [0.3, 0.4) is 0 Å². The van der Waals surface area contributed by atoms with Gasteiger partial charge in [0.15, 0.2) is 0 Å². The Hall–Kier alpha value is -1.84. The van der Waals surface area contributed by atoms with Gasteiger partial charge in [-0.15, -0.1) is 10.2 Å². The molecule has 0 radical (unpaired) electrons. The zero-order chi connectivity index (χ0) is 20.9. The molecule has 158 valence electrons. The number of hydrogen-bond donors (Lipinski definition) is 1. The van der Waals surface area contributed by atoms with Crippen LogP contribution in [0.15, 0.2) is 4.42 Å². The second-order valence-electron chi connectivity index (χ2n) is 8.76. The fraction of sp³-hybridized carbons (Fsp3) is 0.789. The Kier molecular flexibility index (Phi) is 7.30. The van der Waals surface area contributed by atoms with Gasteiger partial charge in [-0.05, 0) is 26.7 Å². The van der Waals surface area contributed by atoms with E-state index in [1.54, 1.807) is 12.0 Å². The molecular formula is C19H32N4O5. The molecule has 1 fully saturated rings. The van der Waals surface area contributed by atoms with Gasteiger partial charge in [0.1, 0.15) is 12.8 Å². The standard InChI is InChI=1S/C19H32N4O5/c1-18(2,3)17-22-21-16(28-17)15(25)13-8-7-9-23(13)14(24)10-20-19(4,5)11-27-12-26-6/h13,20H,7-12H2,1-6H3. The molecule has 1 aliphatic heterocycles. The number of ether oxygens (including phenoxy) is 2. The van der Waals surface area contributed by atoms with Crippen molar-refractivity contribution in [2.24, 2.45) is 0 Å². The average Bonchev–Trinajstić information content (AvgIpc) is 3.28. The van der Waals surface area contributed by atoms with Gasteiger partial charge >= 0.3 is 0 Å². The van der Waals surface area contributed by atoms with Crippen LogP contribution in [-0.4, -0.2) is 72.0 Å². The predicted molar refractivity (Wildman–Crippen MR) is 102 cm³/mol. The molecule has 1 aliphatic rings. The number of ketones is 1. The number of aromatic nitrogens is 2. The van der Waals surface area contributed by atoms with Crippen LogP contribution in [0.25, 0.3) is 0 Å². The average molecular weight is 396 g/mol. The first-order chi connectivity index (χ1) is 13.0. The number of carbonyl (C=O) groups excluding carboxylic acids is 2. The third-order valence-electron chi connectivity index (χ3n) is 4.54. The molecule has 9 heteroatoms. The molecule has 1 atom stereocenters. The number of rotatable bonds is 9. The van der Waals surface area contributed by atoms with Crippen molar-refractivity contribution in [2.45, 2.75) is 64.5 Å². The first-order valence-electron chi connectivity index (χ1n) is 9.54. The maximum absolute atomic E-state index is 12.8. The van der Waals surface area contributed by atoms with Crippen molar-refractivity contribution in [1.82, 2.24) is 20.4 Å². The van der Waals surface area contributed by atoms with Crippen LogP contribution < -0.4 is 5.32 Å². The van der Waals surface area contributed by atoms with E-state index < -0.39 is 11.6 Å². The summed E-state index contributed by atoms with van der Waals surface area (Å²) < 4.78 is 15.8. The summed E-state index contributed by atoms with van der Waals surface area (Å²) in [4.78, 5) is 27.1. The summed E-state index contributed by atoms with van der Waals surface area (Å²) in [5.74, 6) is -0.0511. The van der Waals surface area contributed by atoms with Crippen LogP contribution in [0, 0.1) is 0 Å². The molecule has 0 aromatic carbocycles. The second-order valence-corrected chi connectivity index (χ2v) is 8.76. The minimum absolute atomic E-state index is 0.0316. The molecule has 2 rings (SSSR count). The highest BCUT2D eigenvalue weighted by Gasteiger charge is 2.37. The monoisotopic (exact) mass is 396 g/mol. The normalized spacial score (nSPS) is 17.9. The lowest BCUT2D eigenvalue weighted by atomic mass is 9.97. The minimum atomic E-state index is -0.560. The highest BCUT2D eigenvalue weighted by molar-refractivity contribution is 5.98. The Morgan fingerprint density at radius 3 is 2.57 bits per heavy atom. The Bertz CT molecular complexity index is 680. The Morgan fingerprint density at radius 1 is 1.25 bits per heavy atom. The largest absolute Gasteiger partial charge is 0.418 e. The van der Waals surface area contributed by atoms with Crippen LogP contribution >= 0.6 is 0 Å². The van der Waals surface area contributed by atoms with Crippen molar-refractivity contribution in [1.29, 1.82) is 0 Å². The molecule has 0 aliphatic carbocycles. The van der Waals surface area contributed by atoms with Gasteiger partial charge in [-0.2, -0.15) is 0 Å². The fourth-order valence-corrected chi connectivity index (χ4v) is 2.95. The van der Waals surface area contributed by atoms with Crippen molar-refractivity contribution < 1.29 is 23.5 Å². The van der Waals surface area contributed by atoms with Gasteiger partial charge in [0.25, 0.3) is 5.89 Å². The molecule has 1 aromatic heterocycles. The highest BCUT2D eigenvalue weighted by atomic mass is 16.7. The molecule has 1 N–H and O–H groups in total. The van der Waals surface area contributed by atoms with Crippen LogP contribution in [0.1, 0.15) is 64.0 Å². The van der Waals surface area contributed by atoms with Crippen molar-refractivity contribution in [2.75, 3.05) is 33.6 Å². The fourth-order valence-electron chi connectivity index (χ4n) is 2.95. The quantitative estimate of drug-likeness (QED) is 0.380. The minimum Gasteiger partial charge on any atom is -0.418 e. The van der Waals surface area contributed by atoms with E-state index in [1.165, 1.54) is 0 Å². The maximum atomic E-state index is 12.8. The number of nitrogens with one attached hydrogen (secondary N) is 1. The van der Waals surface area contributed by atoms with E-state index in [2.05, 4.69) is 15.5 Å². The van der Waals surface area contributed by atoms with Crippen LogP contribution in [-0.2, 0) is 19.7 Å². The van der Waals surface area contributed by atoms with Crippen LogP contribution in [0.2, 0.25) is 0 Å². The van der Waals surface area contributed by atoms with E-state index in [-0.39, 0.29) is 36.3 Å². The van der Waals surface area contributed by atoms with Gasteiger partial charge in [-0.25, -0.2) is 0 Å². The van der Waals surface area contributed by atoms with Crippen molar-refractivity contribution in [3.8, 4) is 0 Å².